The lowest BCUT2D eigenvalue weighted by Crippen LogP contribution is -2.01. The Hall–Kier alpha value is -2.41. The van der Waals surface area contributed by atoms with Crippen LogP contribution in [-0.2, 0) is 0 Å². The van der Waals surface area contributed by atoms with Gasteiger partial charge in [-0.3, -0.25) is 4.79 Å². The van der Waals surface area contributed by atoms with Crippen LogP contribution < -0.4 is 0 Å². The van der Waals surface area contributed by atoms with E-state index in [9.17, 15) is 4.79 Å². The van der Waals surface area contributed by atoms with E-state index in [0.717, 1.165) is 5.69 Å². The Morgan fingerprint density at radius 3 is 2.62 bits per heavy atom. The standard InChI is InChI=1S/C12H9N3O/c1-9-11(7-13)12(8-16)15(14-9)10-5-3-2-4-6-10/h2-6,8H,1H3. The van der Waals surface area contributed by atoms with Crippen molar-refractivity contribution in [3.8, 4) is 11.8 Å². The maximum absolute atomic E-state index is 11.0. The minimum Gasteiger partial charge on any atom is -0.296 e. The maximum atomic E-state index is 11.0. The number of aldehydes is 1. The van der Waals surface area contributed by atoms with Crippen LogP contribution in [0, 0.1) is 18.3 Å². The molecular weight excluding hydrogens is 202 g/mol. The van der Waals surface area contributed by atoms with E-state index in [2.05, 4.69) is 5.10 Å². The molecule has 0 bridgehead atoms. The molecule has 0 saturated heterocycles. The largest absolute Gasteiger partial charge is 0.296 e. The van der Waals surface area contributed by atoms with E-state index in [1.807, 2.05) is 36.4 Å². The predicted octanol–water partition coefficient (Wildman–Crippen LogP) is 1.86. The highest BCUT2D eigenvalue weighted by Crippen LogP contribution is 2.15. The molecule has 2 rings (SSSR count). The molecule has 2 aromatic rings. The van der Waals surface area contributed by atoms with Crippen molar-refractivity contribution in [2.24, 2.45) is 0 Å². The van der Waals surface area contributed by atoms with Gasteiger partial charge in [-0.1, -0.05) is 18.2 Å². The number of hydrogen-bond donors (Lipinski definition) is 0. The molecule has 0 fully saturated rings. The van der Waals surface area contributed by atoms with E-state index in [4.69, 9.17) is 5.26 Å². The Kier molecular flexibility index (Phi) is 2.52. The molecule has 4 nitrogen and oxygen atoms in total. The summed E-state index contributed by atoms with van der Waals surface area (Å²) >= 11 is 0. The van der Waals surface area contributed by atoms with Crippen LogP contribution in [0.15, 0.2) is 30.3 Å². The van der Waals surface area contributed by atoms with Gasteiger partial charge in [-0.05, 0) is 19.1 Å². The van der Waals surface area contributed by atoms with Crippen LogP contribution in [-0.4, -0.2) is 16.1 Å². The third-order valence-electron chi connectivity index (χ3n) is 2.32. The van der Waals surface area contributed by atoms with Gasteiger partial charge in [-0.15, -0.1) is 0 Å². The molecule has 4 heteroatoms. The second kappa shape index (κ2) is 3.99. The summed E-state index contributed by atoms with van der Waals surface area (Å²) in [4.78, 5) is 11.0. The summed E-state index contributed by atoms with van der Waals surface area (Å²) < 4.78 is 1.49. The van der Waals surface area contributed by atoms with Gasteiger partial charge in [0.25, 0.3) is 0 Å². The fraction of sp³-hybridized carbons (Fsp3) is 0.0833. The Labute approximate surface area is 92.7 Å². The Balaban J connectivity index is 2.68. The van der Waals surface area contributed by atoms with Crippen molar-refractivity contribution in [1.29, 1.82) is 5.26 Å². The molecule has 16 heavy (non-hydrogen) atoms. The molecule has 78 valence electrons. The molecule has 0 unspecified atom stereocenters. The van der Waals surface area contributed by atoms with Crippen LogP contribution in [0.1, 0.15) is 21.7 Å². The van der Waals surface area contributed by atoms with Gasteiger partial charge in [0.2, 0.25) is 0 Å². The van der Waals surface area contributed by atoms with E-state index < -0.39 is 0 Å². The molecule has 0 radical (unpaired) electrons. The molecule has 0 aliphatic rings. The molecule has 0 spiro atoms. The quantitative estimate of drug-likeness (QED) is 0.712. The summed E-state index contributed by atoms with van der Waals surface area (Å²) in [5.41, 5.74) is 1.97. The first-order chi connectivity index (χ1) is 7.77. The molecule has 0 aliphatic carbocycles. The zero-order valence-corrected chi connectivity index (χ0v) is 8.71. The zero-order valence-electron chi connectivity index (χ0n) is 8.71. The second-order valence-corrected chi connectivity index (χ2v) is 3.32. The number of aryl methyl sites for hydroxylation is 1. The van der Waals surface area contributed by atoms with Crippen molar-refractivity contribution in [3.05, 3.63) is 47.3 Å². The Bertz CT molecular complexity index is 564. The summed E-state index contributed by atoms with van der Waals surface area (Å²) in [5.74, 6) is 0. The van der Waals surface area contributed by atoms with Crippen molar-refractivity contribution < 1.29 is 4.79 Å². The van der Waals surface area contributed by atoms with Crippen LogP contribution in [0.2, 0.25) is 0 Å². The third kappa shape index (κ3) is 1.48. The number of hydrogen-bond acceptors (Lipinski definition) is 3. The SMILES string of the molecule is Cc1nn(-c2ccccc2)c(C=O)c1C#N. The van der Waals surface area contributed by atoms with Gasteiger partial charge in [0, 0.05) is 0 Å². The van der Waals surface area contributed by atoms with E-state index in [1.54, 1.807) is 6.92 Å². The minimum absolute atomic E-state index is 0.297. The van der Waals surface area contributed by atoms with E-state index in [1.165, 1.54) is 4.68 Å². The molecule has 1 aromatic heterocycles. The first kappa shape index (κ1) is 10.1. The fourth-order valence-corrected chi connectivity index (χ4v) is 1.56. The van der Waals surface area contributed by atoms with Gasteiger partial charge >= 0.3 is 0 Å². The van der Waals surface area contributed by atoms with Crippen LogP contribution in [0.3, 0.4) is 0 Å². The molecular formula is C12H9N3O. The fourth-order valence-electron chi connectivity index (χ4n) is 1.56. The molecule has 0 aliphatic heterocycles. The van der Waals surface area contributed by atoms with Crippen LogP contribution in [0.5, 0.6) is 0 Å². The van der Waals surface area contributed by atoms with Gasteiger partial charge in [-0.25, -0.2) is 4.68 Å². The molecule has 0 N–H and O–H groups in total. The van der Waals surface area contributed by atoms with Gasteiger partial charge < -0.3 is 0 Å². The number of aromatic nitrogens is 2. The van der Waals surface area contributed by atoms with Gasteiger partial charge in [0.15, 0.2) is 6.29 Å². The average Bonchev–Trinajstić information content (AvgIpc) is 2.66. The highest BCUT2D eigenvalue weighted by atomic mass is 16.1. The lowest BCUT2D eigenvalue weighted by atomic mass is 10.2. The first-order valence-corrected chi connectivity index (χ1v) is 4.78. The van der Waals surface area contributed by atoms with E-state index in [-0.39, 0.29) is 0 Å². The van der Waals surface area contributed by atoms with Gasteiger partial charge in [0.1, 0.15) is 17.3 Å². The van der Waals surface area contributed by atoms with Crippen LogP contribution in [0.4, 0.5) is 0 Å². The highest BCUT2D eigenvalue weighted by Gasteiger charge is 2.14. The van der Waals surface area contributed by atoms with Crippen molar-refractivity contribution in [2.45, 2.75) is 6.92 Å². The normalized spacial score (nSPS) is 9.75. The summed E-state index contributed by atoms with van der Waals surface area (Å²) in [6.45, 7) is 1.71. The number of benzene rings is 1. The molecule has 0 saturated carbocycles. The number of nitrogens with zero attached hydrogens (tertiary/aromatic N) is 3. The van der Waals surface area contributed by atoms with Crippen molar-refractivity contribution in [2.75, 3.05) is 0 Å². The lowest BCUT2D eigenvalue weighted by molar-refractivity contribution is 0.111. The summed E-state index contributed by atoms with van der Waals surface area (Å²) in [6.07, 6.45) is 0.658. The first-order valence-electron chi connectivity index (χ1n) is 4.78. The van der Waals surface area contributed by atoms with Gasteiger partial charge in [-0.2, -0.15) is 10.4 Å². The van der Waals surface area contributed by atoms with Crippen LogP contribution in [0.25, 0.3) is 5.69 Å². The summed E-state index contributed by atoms with van der Waals surface area (Å²) in [7, 11) is 0. The number of nitriles is 1. The summed E-state index contributed by atoms with van der Waals surface area (Å²) in [6, 6.07) is 11.2. The molecule has 0 amide bonds. The van der Waals surface area contributed by atoms with Crippen LogP contribution >= 0.6 is 0 Å². The Morgan fingerprint density at radius 1 is 1.38 bits per heavy atom. The van der Waals surface area contributed by atoms with E-state index >= 15 is 0 Å². The van der Waals surface area contributed by atoms with Crippen molar-refractivity contribution in [3.63, 3.8) is 0 Å². The minimum atomic E-state index is 0.297. The predicted molar refractivity (Wildman–Crippen MR) is 58.4 cm³/mol. The smallest absolute Gasteiger partial charge is 0.169 e. The maximum Gasteiger partial charge on any atom is 0.169 e. The number of carbonyl (C=O) groups excluding carboxylic acids is 1. The molecule has 1 aromatic carbocycles. The number of rotatable bonds is 2. The van der Waals surface area contributed by atoms with Crippen molar-refractivity contribution in [1.82, 2.24) is 9.78 Å². The van der Waals surface area contributed by atoms with Gasteiger partial charge in [0.05, 0.1) is 11.4 Å². The molecule has 1 heterocycles. The third-order valence-corrected chi connectivity index (χ3v) is 2.32. The second-order valence-electron chi connectivity index (χ2n) is 3.32. The topological polar surface area (TPSA) is 58.7 Å². The Morgan fingerprint density at radius 2 is 2.06 bits per heavy atom. The number of para-hydroxylation sites is 1. The highest BCUT2D eigenvalue weighted by molar-refractivity contribution is 5.78. The summed E-state index contributed by atoms with van der Waals surface area (Å²) in [5, 5.41) is 13.1. The monoisotopic (exact) mass is 211 g/mol. The lowest BCUT2D eigenvalue weighted by Gasteiger charge is -2.01. The van der Waals surface area contributed by atoms with Crippen molar-refractivity contribution >= 4 is 6.29 Å². The zero-order chi connectivity index (χ0) is 11.5. The average molecular weight is 211 g/mol. The van der Waals surface area contributed by atoms with E-state index in [0.29, 0.717) is 23.2 Å². The molecule has 0 atom stereocenters. The number of carbonyl (C=O) groups is 1.